The van der Waals surface area contributed by atoms with Gasteiger partial charge >= 0.3 is 5.97 Å². The van der Waals surface area contributed by atoms with Crippen molar-refractivity contribution in [3.8, 4) is 17.2 Å². The molecule has 1 aliphatic carbocycles. The number of Topliss-reactive ketones (excluding diaryl/α,β-unsaturated/α-hetero) is 1. The zero-order valence-electron chi connectivity index (χ0n) is 33.3. The Hall–Kier alpha value is -5.62. The highest BCUT2D eigenvalue weighted by molar-refractivity contribution is 7.94. The average molecular weight is 843 g/mol. The van der Waals surface area contributed by atoms with Crippen molar-refractivity contribution in [2.24, 2.45) is 5.10 Å². The predicted octanol–water partition coefficient (Wildman–Crippen LogP) is 5.26. The summed E-state index contributed by atoms with van der Waals surface area (Å²) in [5, 5.41) is 30.0. The lowest BCUT2D eigenvalue weighted by Crippen LogP contribution is -2.71. The molecule has 1 aliphatic rings. The van der Waals surface area contributed by atoms with Crippen molar-refractivity contribution in [1.29, 1.82) is 0 Å². The third kappa shape index (κ3) is 14.3. The van der Waals surface area contributed by atoms with E-state index >= 15 is 0 Å². The summed E-state index contributed by atoms with van der Waals surface area (Å²) < 4.78 is 28.3. The number of amides is 1. The number of benzene rings is 3. The third-order valence-corrected chi connectivity index (χ3v) is 10.1. The van der Waals surface area contributed by atoms with Crippen molar-refractivity contribution in [3.05, 3.63) is 119 Å². The quantitative estimate of drug-likeness (QED) is 0.0134. The number of rotatable bonds is 27. The standard InChI is InChI=1S/C44H50N4O11S/c1-2-10-35-33-12-8-13-37(49)34(33)18-20-40(35)56-25-7-3-6-24-55-38-14-9-15-39(36(38)19-22-43(50)51)57-28-27-54-26-23-45-44(52)32-17-21-42(46-29-32)48-47-30-31-11-4-5-16-41(31)60-59-58-53/h2,4-5,9,11,14-18,20-21,29-30,53H,1,3,6-8,10,12-13,19,22-28H2,(H,45,52)(H,46,48)(H,50,51)/b47-30+. The first-order valence-electron chi connectivity index (χ1n) is 19.8. The highest BCUT2D eigenvalue weighted by Crippen LogP contribution is 2.33. The number of pyridine rings is 1. The molecular weight excluding hydrogens is 793 g/mol. The molecule has 3 aromatic carbocycles. The maximum absolute atomic E-state index is 12.6. The van der Waals surface area contributed by atoms with E-state index in [0.29, 0.717) is 65.0 Å². The van der Waals surface area contributed by atoms with Crippen LogP contribution in [0.2, 0.25) is 0 Å². The van der Waals surface area contributed by atoms with Crippen molar-refractivity contribution in [1.82, 2.24) is 10.3 Å². The Morgan fingerprint density at radius 2 is 1.67 bits per heavy atom. The number of nitrogens with zero attached hydrogens (tertiary/aromatic N) is 2. The van der Waals surface area contributed by atoms with Gasteiger partial charge in [0.15, 0.2) is 5.78 Å². The van der Waals surface area contributed by atoms with E-state index in [-0.39, 0.29) is 50.9 Å². The van der Waals surface area contributed by atoms with Crippen LogP contribution < -0.4 is 30.2 Å². The van der Waals surface area contributed by atoms with E-state index in [0.717, 1.165) is 66.6 Å². The van der Waals surface area contributed by atoms with Gasteiger partial charge in [-0.25, -0.2) is 4.98 Å². The Labute approximate surface area is 353 Å². The van der Waals surface area contributed by atoms with Crippen LogP contribution in [0.3, 0.4) is 0 Å². The summed E-state index contributed by atoms with van der Waals surface area (Å²) in [6.07, 6.45) is 10.5. The van der Waals surface area contributed by atoms with Crippen LogP contribution in [0.15, 0.2) is 95.6 Å². The number of unbranched alkanes of at least 4 members (excludes halogenated alkanes) is 2. The molecule has 0 spiro atoms. The van der Waals surface area contributed by atoms with Crippen LogP contribution in [-0.4, -0.2) is 73.5 Å². The Balaban J connectivity index is 0.988. The first kappa shape index (κ1) is 45.5. The maximum Gasteiger partial charge on any atom is 0.303 e. The molecule has 0 atom stereocenters. The number of aromatic nitrogens is 1. The lowest BCUT2D eigenvalue weighted by Gasteiger charge is -2.21. The smallest absolute Gasteiger partial charge is 0.303 e. The number of aliphatic carboxylic acids is 1. The molecule has 4 N–H and O–H groups in total. The number of ketones is 1. The molecule has 0 saturated carbocycles. The van der Waals surface area contributed by atoms with Gasteiger partial charge in [0.05, 0.1) is 50.2 Å². The van der Waals surface area contributed by atoms with Gasteiger partial charge in [-0.2, -0.15) is 9.76 Å². The van der Waals surface area contributed by atoms with Gasteiger partial charge in [0.2, 0.25) is 0 Å². The molecule has 0 fully saturated rings. The number of allylic oxidation sites excluding steroid dienone is 1. The molecule has 0 saturated heterocycles. The molecule has 0 bridgehead atoms. The highest BCUT2D eigenvalue weighted by atomic mass is 32.2. The van der Waals surface area contributed by atoms with Gasteiger partial charge in [-0.1, -0.05) is 35.4 Å². The van der Waals surface area contributed by atoms with E-state index in [1.54, 1.807) is 42.6 Å². The molecule has 60 heavy (non-hydrogen) atoms. The number of fused-ring (bicyclic) bond motifs is 1. The molecule has 0 unspecified atom stereocenters. The first-order chi connectivity index (χ1) is 29.4. The minimum absolute atomic E-state index is 0.0778. The van der Waals surface area contributed by atoms with E-state index in [4.69, 9.17) is 18.9 Å². The van der Waals surface area contributed by atoms with Crippen LogP contribution >= 0.6 is 12.0 Å². The number of carbonyl (C=O) groups excluding carboxylic acids is 2. The van der Waals surface area contributed by atoms with Crippen molar-refractivity contribution < 1.29 is 58.5 Å². The second-order valence-electron chi connectivity index (χ2n) is 13.6. The number of nitrogens with two attached hydrogens (primary N) is 1. The molecular formula is C44H50N4O11S. The number of hydrogen-bond acceptors (Lipinski definition) is 13. The number of carboxylic acid groups (broad SMARTS) is 1. The molecule has 0 aliphatic heterocycles. The summed E-state index contributed by atoms with van der Waals surface area (Å²) in [5.41, 5.74) is 6.26. The van der Waals surface area contributed by atoms with Crippen LogP contribution in [0.1, 0.15) is 81.5 Å². The van der Waals surface area contributed by atoms with Gasteiger partial charge in [-0.3, -0.25) is 19.4 Å². The van der Waals surface area contributed by atoms with Gasteiger partial charge in [-0.15, -0.1) is 6.58 Å². The van der Waals surface area contributed by atoms with Crippen molar-refractivity contribution in [2.45, 2.75) is 62.7 Å². The minimum atomic E-state index is -0.920. The topological polar surface area (TPSA) is 204 Å². The number of carboxylic acids is 1. The molecule has 5 rings (SSSR count). The summed E-state index contributed by atoms with van der Waals surface area (Å²) in [7, 11) is 0. The lowest BCUT2D eigenvalue weighted by atomic mass is 9.86. The van der Waals surface area contributed by atoms with E-state index in [2.05, 4.69) is 31.4 Å². The number of hydrogen-bond donors (Lipinski definition) is 3. The molecule has 1 heterocycles. The van der Waals surface area contributed by atoms with E-state index in [1.165, 1.54) is 11.6 Å². The molecule has 15 nitrogen and oxygen atoms in total. The monoisotopic (exact) mass is 842 g/mol. The Bertz CT molecular complexity index is 2060. The molecule has 1 aromatic heterocycles. The van der Waals surface area contributed by atoms with Crippen LogP contribution in [-0.2, 0) is 38.2 Å². The third-order valence-electron chi connectivity index (χ3n) is 9.41. The lowest BCUT2D eigenvalue weighted by molar-refractivity contribution is -0.777. The normalized spacial score (nSPS) is 12.2. The Kier molecular flexibility index (Phi) is 19.0. The Morgan fingerprint density at radius 1 is 0.900 bits per heavy atom. The fourth-order valence-electron chi connectivity index (χ4n) is 6.50. The molecule has 1 amide bonds. The van der Waals surface area contributed by atoms with Crippen LogP contribution in [0.5, 0.6) is 17.2 Å². The second-order valence-corrected chi connectivity index (χ2v) is 14.3. The van der Waals surface area contributed by atoms with Crippen LogP contribution in [0.25, 0.3) is 0 Å². The number of carbonyl (C=O) groups is 3. The van der Waals surface area contributed by atoms with Gasteiger partial charge in [0.1, 0.15) is 23.9 Å². The van der Waals surface area contributed by atoms with Gasteiger partial charge in [0, 0.05) is 58.8 Å². The second kappa shape index (κ2) is 25.1. The van der Waals surface area contributed by atoms with Crippen molar-refractivity contribution in [2.75, 3.05) is 39.6 Å². The summed E-state index contributed by atoms with van der Waals surface area (Å²) >= 11 is 0.774. The van der Waals surface area contributed by atoms with E-state index in [9.17, 15) is 24.7 Å². The summed E-state index contributed by atoms with van der Waals surface area (Å²) in [4.78, 5) is 41.4. The molecule has 4 aromatic rings. The van der Waals surface area contributed by atoms with Crippen molar-refractivity contribution >= 4 is 41.7 Å². The minimum Gasteiger partial charge on any atom is -0.691 e. The van der Waals surface area contributed by atoms with Gasteiger partial charge < -0.3 is 34.6 Å². The van der Waals surface area contributed by atoms with E-state index < -0.39 is 5.97 Å². The molecule has 318 valence electrons. The number of nitrogens with one attached hydrogen (secondary N) is 1. The molecule has 0 radical (unpaired) electrons. The molecule has 16 heteroatoms. The fraction of sp³-hybridized carbons (Fsp3) is 0.341. The summed E-state index contributed by atoms with van der Waals surface area (Å²) in [6, 6.07) is 19.7. The highest BCUT2D eigenvalue weighted by Gasteiger charge is 2.22. The Morgan fingerprint density at radius 3 is 2.40 bits per heavy atom. The number of ether oxygens (including phenoxy) is 4. The zero-order valence-corrected chi connectivity index (χ0v) is 34.1. The predicted molar refractivity (Wildman–Crippen MR) is 221 cm³/mol. The zero-order chi connectivity index (χ0) is 42.4. The maximum atomic E-state index is 12.6. The van der Waals surface area contributed by atoms with Gasteiger partial charge in [-0.05, 0) is 86.9 Å². The van der Waals surface area contributed by atoms with Crippen LogP contribution in [0, 0.1) is 0 Å². The largest absolute Gasteiger partial charge is 0.691 e. The SMILES string of the molecule is C=CCc1c(OCCCCCOc2cccc(OCCOCCNC(=O)c3ccc([NH2+]/N=C/c4ccccc4SOO[O-])nc3)c2CCC(=O)O)ccc2c1CCCC2=O. The van der Waals surface area contributed by atoms with E-state index in [1.807, 2.05) is 36.4 Å². The summed E-state index contributed by atoms with van der Waals surface area (Å²) in [6.45, 7) is 5.85. The van der Waals surface area contributed by atoms with Gasteiger partial charge in [0.25, 0.3) is 11.7 Å². The summed E-state index contributed by atoms with van der Waals surface area (Å²) in [5.74, 6) is 1.44. The number of quaternary nitrogens is 1. The van der Waals surface area contributed by atoms with Crippen LogP contribution in [0.4, 0.5) is 5.82 Å². The fourth-order valence-corrected chi connectivity index (χ4v) is 6.95. The average Bonchev–Trinajstić information content (AvgIpc) is 3.25. The van der Waals surface area contributed by atoms with Crippen molar-refractivity contribution in [3.63, 3.8) is 0 Å². The first-order valence-corrected chi connectivity index (χ1v) is 20.5.